The number of hydrogen-bond donors (Lipinski definition) is 2. The topological polar surface area (TPSA) is 103 Å². The van der Waals surface area contributed by atoms with E-state index in [1.54, 1.807) is 37.5 Å². The van der Waals surface area contributed by atoms with Crippen molar-refractivity contribution in [3.63, 3.8) is 0 Å². The van der Waals surface area contributed by atoms with Gasteiger partial charge < -0.3 is 20.2 Å². The molecule has 7 nitrogen and oxygen atoms in total. The van der Waals surface area contributed by atoms with Gasteiger partial charge in [0.1, 0.15) is 5.75 Å². The molecule has 1 atom stereocenters. The molecule has 2 aromatic carbocycles. The fraction of sp³-hybridized carbons (Fsp3) is 0.192. The minimum absolute atomic E-state index is 0.197. The van der Waals surface area contributed by atoms with Crippen LogP contribution in [0, 0.1) is 0 Å². The van der Waals surface area contributed by atoms with Gasteiger partial charge in [0.05, 0.1) is 22.8 Å². The van der Waals surface area contributed by atoms with E-state index < -0.39 is 0 Å². The number of nitrogens with zero attached hydrogens (tertiary/aromatic N) is 2. The molecule has 0 amide bonds. The monoisotopic (exact) mass is 442 g/mol. The van der Waals surface area contributed by atoms with Crippen molar-refractivity contribution in [3.8, 4) is 5.75 Å². The van der Waals surface area contributed by atoms with E-state index >= 15 is 0 Å². The van der Waals surface area contributed by atoms with Gasteiger partial charge >= 0.3 is 0 Å². The second kappa shape index (κ2) is 10.1. The minimum Gasteiger partial charge on any atom is -0.437 e. The third-order valence-electron chi connectivity index (χ3n) is 5.51. The number of allylic oxidation sites excluding steroid dienone is 2. The van der Waals surface area contributed by atoms with E-state index in [2.05, 4.69) is 27.6 Å². The molecule has 168 valence electrons. The van der Waals surface area contributed by atoms with Crippen LogP contribution in [0.1, 0.15) is 35.4 Å². The number of methoxy groups -OCH3 is 1. The lowest BCUT2D eigenvalue weighted by molar-refractivity contribution is 0.0942. The number of hydrogen-bond acceptors (Lipinski definition) is 6. The highest BCUT2D eigenvalue weighted by Crippen LogP contribution is 2.27. The van der Waals surface area contributed by atoms with E-state index in [1.165, 1.54) is 6.21 Å². The van der Waals surface area contributed by atoms with E-state index in [4.69, 9.17) is 15.2 Å². The maximum atomic E-state index is 12.8. The first-order valence-electron chi connectivity index (χ1n) is 10.7. The van der Waals surface area contributed by atoms with Gasteiger partial charge in [-0.3, -0.25) is 4.79 Å². The lowest BCUT2D eigenvalue weighted by Crippen LogP contribution is -2.17. The molecule has 0 unspecified atom stereocenters. The Labute approximate surface area is 192 Å². The Morgan fingerprint density at radius 2 is 2.03 bits per heavy atom. The minimum atomic E-state index is -0.197. The number of fused-ring (bicyclic) bond motifs is 1. The van der Waals surface area contributed by atoms with Gasteiger partial charge in [-0.25, -0.2) is 9.98 Å². The Bertz CT molecular complexity index is 1220. The summed E-state index contributed by atoms with van der Waals surface area (Å²) in [5.74, 6) is 0.900. The largest absolute Gasteiger partial charge is 0.437 e. The van der Waals surface area contributed by atoms with Crippen LogP contribution in [0.3, 0.4) is 0 Å². The molecule has 0 fully saturated rings. The fourth-order valence-corrected chi connectivity index (χ4v) is 3.66. The maximum Gasteiger partial charge on any atom is 0.242 e. The van der Waals surface area contributed by atoms with Crippen molar-refractivity contribution in [1.29, 1.82) is 0 Å². The molecular weight excluding hydrogens is 416 g/mol. The number of para-hydroxylation sites is 2. The van der Waals surface area contributed by atoms with E-state index in [1.807, 2.05) is 24.3 Å². The quantitative estimate of drug-likeness (QED) is 0.299. The molecule has 3 N–H and O–H groups in total. The van der Waals surface area contributed by atoms with Crippen molar-refractivity contribution >= 4 is 23.0 Å². The Hall–Kier alpha value is -3.97. The van der Waals surface area contributed by atoms with Gasteiger partial charge in [-0.2, -0.15) is 0 Å². The van der Waals surface area contributed by atoms with Crippen LogP contribution in [0.2, 0.25) is 0 Å². The van der Waals surface area contributed by atoms with E-state index in [-0.39, 0.29) is 17.8 Å². The Morgan fingerprint density at radius 1 is 1.24 bits per heavy atom. The Morgan fingerprint density at radius 3 is 2.70 bits per heavy atom. The van der Waals surface area contributed by atoms with Crippen molar-refractivity contribution in [2.75, 3.05) is 7.11 Å². The van der Waals surface area contributed by atoms with Crippen LogP contribution in [0.4, 0.5) is 0 Å². The summed E-state index contributed by atoms with van der Waals surface area (Å²) in [6.07, 6.45) is 7.83. The first kappa shape index (κ1) is 22.2. The second-order valence-electron chi connectivity index (χ2n) is 7.65. The van der Waals surface area contributed by atoms with Crippen molar-refractivity contribution in [1.82, 2.24) is 9.97 Å². The zero-order valence-corrected chi connectivity index (χ0v) is 18.5. The molecule has 1 aromatic heterocycles. The smallest absolute Gasteiger partial charge is 0.242 e. The average molecular weight is 443 g/mol. The van der Waals surface area contributed by atoms with Crippen LogP contribution in [0.15, 0.2) is 89.4 Å². The number of rotatable bonds is 8. The summed E-state index contributed by atoms with van der Waals surface area (Å²) in [7, 11) is 1.72. The zero-order chi connectivity index (χ0) is 23.2. The van der Waals surface area contributed by atoms with Crippen molar-refractivity contribution < 1.29 is 14.3 Å². The summed E-state index contributed by atoms with van der Waals surface area (Å²) in [6.45, 7) is 3.66. The average Bonchev–Trinajstić information content (AvgIpc) is 3.30. The van der Waals surface area contributed by atoms with Crippen molar-refractivity contribution in [3.05, 3.63) is 95.8 Å². The maximum absolute atomic E-state index is 12.8. The lowest BCUT2D eigenvalue weighted by Gasteiger charge is -2.21. The molecule has 1 heterocycles. The number of nitrogens with one attached hydrogen (secondary N) is 1. The molecule has 33 heavy (non-hydrogen) atoms. The predicted molar refractivity (Wildman–Crippen MR) is 129 cm³/mol. The van der Waals surface area contributed by atoms with Crippen LogP contribution in [0.5, 0.6) is 5.75 Å². The SMILES string of the molecule is C=C/C=N\C(Oc1ccc(C(=O)c2nc3ccccc3[nH]2)cc1)=C(/N)C1=CC[C@@H](OC)CC1. The van der Waals surface area contributed by atoms with Gasteiger partial charge in [0.15, 0.2) is 5.82 Å². The zero-order valence-electron chi connectivity index (χ0n) is 18.5. The molecule has 0 bridgehead atoms. The third-order valence-corrected chi connectivity index (χ3v) is 5.51. The fourth-order valence-electron chi connectivity index (χ4n) is 3.66. The van der Waals surface area contributed by atoms with Crippen LogP contribution >= 0.6 is 0 Å². The highest BCUT2D eigenvalue weighted by molar-refractivity contribution is 6.08. The molecule has 0 aliphatic heterocycles. The van der Waals surface area contributed by atoms with Gasteiger partial charge in [0, 0.05) is 18.9 Å². The van der Waals surface area contributed by atoms with Crippen molar-refractivity contribution in [2.45, 2.75) is 25.4 Å². The van der Waals surface area contributed by atoms with Gasteiger partial charge in [-0.15, -0.1) is 0 Å². The molecule has 0 radical (unpaired) electrons. The molecule has 4 rings (SSSR count). The standard InChI is InChI=1S/C26H26N4O3/c1-3-16-28-26(23(27)17-8-12-19(32-2)13-9-17)33-20-14-10-18(11-15-20)24(31)25-29-21-6-4-5-7-22(21)30-25/h3-8,10-11,14-16,19H,1,9,12-13,27H2,2H3,(H,29,30)/b26-23+,28-16-/t19-/m1/s1. The summed E-state index contributed by atoms with van der Waals surface area (Å²) in [5.41, 5.74) is 9.91. The number of carbonyl (C=O) groups excluding carboxylic acids is 1. The van der Waals surface area contributed by atoms with E-state index in [0.717, 1.165) is 35.9 Å². The molecular formula is C26H26N4O3. The third kappa shape index (κ3) is 5.10. The molecule has 3 aromatic rings. The molecule has 1 aliphatic carbocycles. The predicted octanol–water partition coefficient (Wildman–Crippen LogP) is 4.68. The lowest BCUT2D eigenvalue weighted by atomic mass is 9.95. The number of H-pyrrole nitrogens is 1. The van der Waals surface area contributed by atoms with E-state index in [9.17, 15) is 4.79 Å². The van der Waals surface area contributed by atoms with E-state index in [0.29, 0.717) is 22.8 Å². The Balaban J connectivity index is 1.54. The summed E-state index contributed by atoms with van der Waals surface area (Å²) in [4.78, 5) is 24.6. The highest BCUT2D eigenvalue weighted by atomic mass is 16.5. The summed E-state index contributed by atoms with van der Waals surface area (Å²) >= 11 is 0. The number of carbonyl (C=O) groups is 1. The summed E-state index contributed by atoms with van der Waals surface area (Å²) < 4.78 is 11.4. The first-order valence-corrected chi connectivity index (χ1v) is 10.7. The second-order valence-corrected chi connectivity index (χ2v) is 7.65. The number of aromatic nitrogens is 2. The summed E-state index contributed by atoms with van der Waals surface area (Å²) in [5, 5.41) is 0. The van der Waals surface area contributed by atoms with Gasteiger partial charge in [0.25, 0.3) is 0 Å². The highest BCUT2D eigenvalue weighted by Gasteiger charge is 2.19. The first-order chi connectivity index (χ1) is 16.1. The number of ketones is 1. The van der Waals surface area contributed by atoms with Crippen LogP contribution in [-0.2, 0) is 4.74 Å². The van der Waals surface area contributed by atoms with Crippen LogP contribution in [-0.4, -0.2) is 35.2 Å². The van der Waals surface area contributed by atoms with Gasteiger partial charge in [-0.05, 0) is 61.2 Å². The number of ether oxygens (including phenoxy) is 2. The van der Waals surface area contributed by atoms with Gasteiger partial charge in [0.2, 0.25) is 11.7 Å². The molecule has 0 spiro atoms. The van der Waals surface area contributed by atoms with Crippen LogP contribution in [0.25, 0.3) is 11.0 Å². The molecule has 0 saturated carbocycles. The number of aromatic amines is 1. The van der Waals surface area contributed by atoms with Gasteiger partial charge in [-0.1, -0.05) is 30.9 Å². The Kier molecular flexibility index (Phi) is 6.80. The summed E-state index contributed by atoms with van der Waals surface area (Å²) in [6, 6.07) is 14.3. The molecule has 0 saturated heterocycles. The number of imidazole rings is 1. The van der Waals surface area contributed by atoms with Crippen molar-refractivity contribution in [2.24, 2.45) is 10.7 Å². The normalized spacial score (nSPS) is 17.0. The molecule has 7 heteroatoms. The number of nitrogens with two attached hydrogens (primary N) is 1. The van der Waals surface area contributed by atoms with Crippen LogP contribution < -0.4 is 10.5 Å². The molecule has 1 aliphatic rings. The number of aliphatic imine (C=N–C) groups is 1. The number of benzene rings is 2.